The molecule has 19 heavy (non-hydrogen) atoms. The lowest BCUT2D eigenvalue weighted by molar-refractivity contribution is 0.0828. The molecule has 3 heteroatoms. The van der Waals surface area contributed by atoms with Crippen LogP contribution in [0.4, 0.5) is 0 Å². The quantitative estimate of drug-likeness (QED) is 0.762. The van der Waals surface area contributed by atoms with Crippen LogP contribution in [0.25, 0.3) is 0 Å². The maximum Gasteiger partial charge on any atom is 0.179 e. The minimum Gasteiger partial charge on any atom is -0.293 e. The molecule has 0 spiro atoms. The molecule has 0 bridgehead atoms. The van der Waals surface area contributed by atoms with Crippen LogP contribution in [0.1, 0.15) is 41.8 Å². The topological polar surface area (TPSA) is 44.1 Å². The summed E-state index contributed by atoms with van der Waals surface area (Å²) in [4.78, 5) is 14.5. The zero-order valence-electron chi connectivity index (χ0n) is 12.4. The molecule has 0 aliphatic carbocycles. The van der Waals surface area contributed by atoms with Crippen molar-refractivity contribution in [1.82, 2.24) is 4.90 Å². The van der Waals surface area contributed by atoms with E-state index in [9.17, 15) is 4.79 Å². The number of carbonyl (C=O) groups is 1. The van der Waals surface area contributed by atoms with E-state index in [0.717, 1.165) is 16.7 Å². The van der Waals surface area contributed by atoms with Crippen LogP contribution in [0.15, 0.2) is 18.2 Å². The highest BCUT2D eigenvalue weighted by Gasteiger charge is 2.24. The number of hydrogen-bond acceptors (Lipinski definition) is 3. The van der Waals surface area contributed by atoms with Crippen molar-refractivity contribution >= 4 is 5.78 Å². The number of hydrogen-bond donors (Lipinski definition) is 0. The van der Waals surface area contributed by atoms with Crippen LogP contribution >= 0.6 is 0 Å². The molecule has 0 aliphatic rings. The van der Waals surface area contributed by atoms with Gasteiger partial charge in [0.05, 0.1) is 18.5 Å². The molecule has 102 valence electrons. The second kappa shape index (κ2) is 6.49. The third kappa shape index (κ3) is 3.65. The molecule has 0 aliphatic heterocycles. The zero-order chi connectivity index (χ0) is 14.6. The summed E-state index contributed by atoms with van der Waals surface area (Å²) in [6, 6.07) is 7.94. The lowest BCUT2D eigenvalue weighted by atomic mass is 9.97. The molecule has 1 aromatic rings. The molecule has 1 aromatic carbocycles. The first-order valence-corrected chi connectivity index (χ1v) is 6.58. The molecule has 0 amide bonds. The molecule has 0 N–H and O–H groups in total. The number of ketones is 1. The Morgan fingerprint density at radius 2 is 2.00 bits per heavy atom. The largest absolute Gasteiger partial charge is 0.293 e. The van der Waals surface area contributed by atoms with Gasteiger partial charge >= 0.3 is 0 Å². The molecule has 2 unspecified atom stereocenters. The van der Waals surface area contributed by atoms with Gasteiger partial charge in [-0.3, -0.25) is 9.69 Å². The van der Waals surface area contributed by atoms with Gasteiger partial charge in [0.2, 0.25) is 0 Å². The molecule has 1 rings (SSSR count). The number of benzene rings is 1. The first-order valence-electron chi connectivity index (χ1n) is 6.58. The van der Waals surface area contributed by atoms with Crippen LogP contribution in [0.3, 0.4) is 0 Å². The lowest BCUT2D eigenvalue weighted by Crippen LogP contribution is -2.41. The predicted molar refractivity (Wildman–Crippen MR) is 77.2 cm³/mol. The average molecular weight is 258 g/mol. The molecule has 3 nitrogen and oxygen atoms in total. The second-order valence-corrected chi connectivity index (χ2v) is 5.24. The number of nitrogens with zero attached hydrogens (tertiary/aromatic N) is 2. The van der Waals surface area contributed by atoms with Crippen molar-refractivity contribution in [2.24, 2.45) is 0 Å². The minimum absolute atomic E-state index is 0.0778. The average Bonchev–Trinajstić information content (AvgIpc) is 2.39. The fourth-order valence-electron chi connectivity index (χ4n) is 2.07. The summed E-state index contributed by atoms with van der Waals surface area (Å²) in [7, 11) is 1.90. The first-order chi connectivity index (χ1) is 8.88. The van der Waals surface area contributed by atoms with Crippen molar-refractivity contribution < 1.29 is 4.79 Å². The van der Waals surface area contributed by atoms with Crippen molar-refractivity contribution in [3.63, 3.8) is 0 Å². The lowest BCUT2D eigenvalue weighted by Gasteiger charge is -2.28. The SMILES string of the molecule is Cc1ccc(C)c(C(=O)C(C)N(C)C(C)CC#N)c1. The summed E-state index contributed by atoms with van der Waals surface area (Å²) >= 11 is 0. The van der Waals surface area contributed by atoms with Gasteiger partial charge in [0.15, 0.2) is 5.78 Å². The van der Waals surface area contributed by atoms with Crippen molar-refractivity contribution in [3.05, 3.63) is 34.9 Å². The van der Waals surface area contributed by atoms with E-state index in [1.807, 2.05) is 57.8 Å². The standard InChI is InChI=1S/C16H22N2O/c1-11-6-7-12(2)15(10-11)16(19)14(4)18(5)13(3)8-9-17/h6-7,10,13-14H,8H2,1-5H3. The Bertz CT molecular complexity index is 502. The number of rotatable bonds is 5. The van der Waals surface area contributed by atoms with Crippen molar-refractivity contribution in [2.75, 3.05) is 7.05 Å². The van der Waals surface area contributed by atoms with E-state index in [2.05, 4.69) is 6.07 Å². The zero-order valence-corrected chi connectivity index (χ0v) is 12.4. The van der Waals surface area contributed by atoms with Gasteiger partial charge in [0.25, 0.3) is 0 Å². The summed E-state index contributed by atoms with van der Waals surface area (Å²) in [6.07, 6.45) is 0.431. The Kier molecular flexibility index (Phi) is 5.26. The molecule has 0 aromatic heterocycles. The molecule has 0 fully saturated rings. The molecule has 0 heterocycles. The predicted octanol–water partition coefficient (Wildman–Crippen LogP) is 3.11. The number of aryl methyl sites for hydroxylation is 2. The first kappa shape index (κ1) is 15.4. The molecular weight excluding hydrogens is 236 g/mol. The smallest absolute Gasteiger partial charge is 0.179 e. The summed E-state index contributed by atoms with van der Waals surface area (Å²) in [5.74, 6) is 0.119. The summed E-state index contributed by atoms with van der Waals surface area (Å²) in [5, 5.41) is 8.74. The van der Waals surface area contributed by atoms with E-state index in [-0.39, 0.29) is 17.9 Å². The van der Waals surface area contributed by atoms with E-state index in [4.69, 9.17) is 5.26 Å². The van der Waals surface area contributed by atoms with Gasteiger partial charge in [-0.15, -0.1) is 0 Å². The van der Waals surface area contributed by atoms with Crippen molar-refractivity contribution in [2.45, 2.75) is 46.2 Å². The van der Waals surface area contributed by atoms with Gasteiger partial charge in [-0.1, -0.05) is 17.7 Å². The molecule has 2 atom stereocenters. The maximum atomic E-state index is 12.5. The van der Waals surface area contributed by atoms with Gasteiger partial charge in [0, 0.05) is 11.6 Å². The van der Waals surface area contributed by atoms with E-state index in [1.54, 1.807) is 0 Å². The third-order valence-corrected chi connectivity index (χ3v) is 3.73. The molecule has 0 radical (unpaired) electrons. The van der Waals surface area contributed by atoms with Crippen LogP contribution < -0.4 is 0 Å². The van der Waals surface area contributed by atoms with Crippen molar-refractivity contribution in [1.29, 1.82) is 5.26 Å². The van der Waals surface area contributed by atoms with Crippen molar-refractivity contribution in [3.8, 4) is 6.07 Å². The Morgan fingerprint density at radius 1 is 1.37 bits per heavy atom. The Balaban J connectivity index is 2.94. The monoisotopic (exact) mass is 258 g/mol. The van der Waals surface area contributed by atoms with E-state index >= 15 is 0 Å². The van der Waals surface area contributed by atoms with Crippen LogP contribution in [-0.4, -0.2) is 29.8 Å². The van der Waals surface area contributed by atoms with Gasteiger partial charge in [-0.2, -0.15) is 5.26 Å². The normalized spacial score (nSPS) is 13.9. The van der Waals surface area contributed by atoms with E-state index < -0.39 is 0 Å². The molecule has 0 saturated carbocycles. The highest BCUT2D eigenvalue weighted by molar-refractivity contribution is 6.01. The van der Waals surface area contributed by atoms with Crippen LogP contribution in [0, 0.1) is 25.2 Å². The Morgan fingerprint density at radius 3 is 2.58 bits per heavy atom. The summed E-state index contributed by atoms with van der Waals surface area (Å²) in [6.45, 7) is 7.81. The molecular formula is C16H22N2O. The fraction of sp³-hybridized carbons (Fsp3) is 0.500. The van der Waals surface area contributed by atoms with Crippen LogP contribution in [0.2, 0.25) is 0 Å². The van der Waals surface area contributed by atoms with Crippen LogP contribution in [0.5, 0.6) is 0 Å². The Labute approximate surface area is 115 Å². The highest BCUT2D eigenvalue weighted by atomic mass is 16.1. The minimum atomic E-state index is -0.219. The van der Waals surface area contributed by atoms with Gasteiger partial charge in [-0.25, -0.2) is 0 Å². The van der Waals surface area contributed by atoms with Gasteiger partial charge in [0.1, 0.15) is 0 Å². The number of nitriles is 1. The maximum absolute atomic E-state index is 12.5. The fourth-order valence-corrected chi connectivity index (χ4v) is 2.07. The third-order valence-electron chi connectivity index (χ3n) is 3.73. The summed E-state index contributed by atoms with van der Waals surface area (Å²) < 4.78 is 0. The second-order valence-electron chi connectivity index (χ2n) is 5.24. The van der Waals surface area contributed by atoms with Gasteiger partial charge in [-0.05, 0) is 46.4 Å². The number of likely N-dealkylation sites (N-methyl/N-ethyl adjacent to an activating group) is 1. The number of carbonyl (C=O) groups excluding carboxylic acids is 1. The van der Waals surface area contributed by atoms with E-state index in [1.165, 1.54) is 0 Å². The molecule has 0 saturated heterocycles. The van der Waals surface area contributed by atoms with Gasteiger partial charge < -0.3 is 0 Å². The highest BCUT2D eigenvalue weighted by Crippen LogP contribution is 2.16. The van der Waals surface area contributed by atoms with E-state index in [0.29, 0.717) is 6.42 Å². The Hall–Kier alpha value is -1.66. The number of Topliss-reactive ketones (excluding diaryl/α,β-unsaturated/α-hetero) is 1. The van der Waals surface area contributed by atoms with Crippen LogP contribution in [-0.2, 0) is 0 Å². The summed E-state index contributed by atoms with van der Waals surface area (Å²) in [5.41, 5.74) is 2.88.